The Bertz CT molecular complexity index is 2040. The molecule has 0 aliphatic heterocycles. The summed E-state index contributed by atoms with van der Waals surface area (Å²) in [6.07, 6.45) is 96.1. The van der Waals surface area contributed by atoms with E-state index < -0.39 is 32.5 Å². The molecule has 0 amide bonds. The maximum absolute atomic E-state index is 12.7. The molecule has 0 aliphatic rings. The number of carbonyl (C=O) groups excluding carboxylic acids is 2. The van der Waals surface area contributed by atoms with Crippen molar-refractivity contribution >= 4 is 19.8 Å². The summed E-state index contributed by atoms with van der Waals surface area (Å²) in [5.41, 5.74) is 5.37. The van der Waals surface area contributed by atoms with Crippen LogP contribution >= 0.6 is 7.82 Å². The monoisotopic (exact) mass is 1110 g/mol. The Balaban J connectivity index is 4.17. The number of nitrogens with two attached hydrogens (primary N) is 1. The van der Waals surface area contributed by atoms with Crippen molar-refractivity contribution in [2.45, 2.75) is 187 Å². The minimum absolute atomic E-state index is 0.0289. The lowest BCUT2D eigenvalue weighted by Gasteiger charge is -2.19. The van der Waals surface area contributed by atoms with Gasteiger partial charge in [-0.2, -0.15) is 0 Å². The van der Waals surface area contributed by atoms with E-state index >= 15 is 0 Å². The second kappa shape index (κ2) is 61.8. The Morgan fingerprint density at radius 3 is 0.975 bits per heavy atom. The lowest BCUT2D eigenvalue weighted by atomic mass is 10.1. The van der Waals surface area contributed by atoms with Crippen molar-refractivity contribution in [3.63, 3.8) is 0 Å². The Kier molecular flexibility index (Phi) is 57.6. The average molecular weight is 1110 g/mol. The quantitative estimate of drug-likeness (QED) is 0.0264. The number of carbonyl (C=O) groups is 2. The van der Waals surface area contributed by atoms with Gasteiger partial charge in [-0.15, -0.1) is 0 Å². The number of unbranched alkanes of at least 4 members (excludes halogenated alkanes) is 5. The van der Waals surface area contributed by atoms with Crippen LogP contribution in [0.1, 0.15) is 181 Å². The molecule has 3 N–H and O–H groups in total. The molecular formula is C69H104NO8P. The molecule has 0 spiro atoms. The SMILES string of the molecule is CC/C=C\C/C=C\C/C=C\C/C=C\C/C=C\C/C=C\C/C=C\C/C=C\C/C=C\C/C=C\C/C=C\C/C=C\CCCCC(=O)OC(COC(=O)CCCCC/C=C\C/C=C\C/C=C\C/C=C\C/C=C\CC)COP(=O)(O)OCCN. The minimum Gasteiger partial charge on any atom is -0.462 e. The van der Waals surface area contributed by atoms with Gasteiger partial charge in [0, 0.05) is 19.4 Å². The third kappa shape index (κ3) is 61.7. The van der Waals surface area contributed by atoms with Gasteiger partial charge >= 0.3 is 19.8 Å². The highest BCUT2D eigenvalue weighted by Crippen LogP contribution is 2.43. The van der Waals surface area contributed by atoms with Crippen LogP contribution in [0.4, 0.5) is 0 Å². The molecule has 10 heteroatoms. The molecule has 79 heavy (non-hydrogen) atoms. The number of hydrogen-bond donors (Lipinski definition) is 2. The van der Waals surface area contributed by atoms with E-state index in [0.717, 1.165) is 141 Å². The summed E-state index contributed by atoms with van der Waals surface area (Å²) in [6, 6.07) is 0. The Labute approximate surface area is 480 Å². The van der Waals surface area contributed by atoms with Crippen molar-refractivity contribution in [1.82, 2.24) is 0 Å². The number of phosphoric acid groups is 1. The van der Waals surface area contributed by atoms with Crippen molar-refractivity contribution in [1.29, 1.82) is 0 Å². The van der Waals surface area contributed by atoms with Crippen LogP contribution in [-0.2, 0) is 32.7 Å². The zero-order valence-electron chi connectivity index (χ0n) is 48.7. The zero-order chi connectivity index (χ0) is 57.3. The molecule has 0 aromatic heterocycles. The van der Waals surface area contributed by atoms with Crippen LogP contribution in [0.15, 0.2) is 207 Å². The Morgan fingerprint density at radius 2 is 0.658 bits per heavy atom. The maximum Gasteiger partial charge on any atom is 0.472 e. The number of rotatable bonds is 52. The Hall–Kier alpha value is -5.41. The number of esters is 2. The summed E-state index contributed by atoms with van der Waals surface area (Å²) in [6.45, 7) is 3.38. The average Bonchev–Trinajstić information content (AvgIpc) is 3.44. The fraction of sp³-hybridized carbons (Fsp3) is 0.478. The molecule has 0 fully saturated rings. The molecule has 0 saturated heterocycles. The standard InChI is InChI=1S/C69H104NO8P/c1-3-5-7-9-11-13-15-17-19-21-23-24-25-26-27-28-29-30-31-32-33-34-35-36-37-38-39-40-41-42-44-46-48-50-52-54-56-58-60-62-69(72)78-67(66-77-79(73,74)76-64-63-70)65-75-68(71)61-59-57-55-53-51-49-47-45-43-22-20-18-16-14-12-10-8-6-4-2/h5-8,11-14,17-20,23-24,26-27,29-30,32-33,35-36,38-39,41-43,45-46,48-49,51-52,54,67H,3-4,9-10,15-16,21-22,25,28,31,34,37,40,44,47,50,53,55-66,70H2,1-2H3,(H,73,74)/b7-5-,8-6-,13-11-,14-12-,19-17-,20-18-,24-23-,27-26-,30-29-,33-32-,36-35-,39-38-,42-41-,45-43-,48-46-,51-49-,54-52-. The van der Waals surface area contributed by atoms with Crippen LogP contribution in [0.2, 0.25) is 0 Å². The summed E-state index contributed by atoms with van der Waals surface area (Å²) in [5, 5.41) is 0. The lowest BCUT2D eigenvalue weighted by molar-refractivity contribution is -0.161. The van der Waals surface area contributed by atoms with Gasteiger partial charge in [0.1, 0.15) is 6.61 Å². The highest BCUT2D eigenvalue weighted by atomic mass is 31.2. The van der Waals surface area contributed by atoms with Gasteiger partial charge in [-0.3, -0.25) is 18.6 Å². The first kappa shape index (κ1) is 73.6. The van der Waals surface area contributed by atoms with Crippen LogP contribution in [-0.4, -0.2) is 49.3 Å². The van der Waals surface area contributed by atoms with E-state index in [-0.39, 0.29) is 32.6 Å². The van der Waals surface area contributed by atoms with Crippen molar-refractivity contribution in [3.05, 3.63) is 207 Å². The van der Waals surface area contributed by atoms with E-state index in [1.807, 2.05) is 0 Å². The van der Waals surface area contributed by atoms with Crippen LogP contribution < -0.4 is 5.73 Å². The molecule has 0 saturated carbocycles. The van der Waals surface area contributed by atoms with Gasteiger partial charge in [-0.1, -0.05) is 227 Å². The molecule has 0 bridgehead atoms. The maximum atomic E-state index is 12.7. The molecule has 0 heterocycles. The first-order chi connectivity index (χ1) is 38.8. The molecule has 0 radical (unpaired) electrons. The van der Waals surface area contributed by atoms with Gasteiger partial charge in [0.25, 0.3) is 0 Å². The third-order valence-corrected chi connectivity index (χ3v) is 12.1. The molecular weight excluding hydrogens is 1000 g/mol. The second-order valence-corrected chi connectivity index (χ2v) is 19.8. The van der Waals surface area contributed by atoms with Crippen LogP contribution in [0, 0.1) is 0 Å². The lowest BCUT2D eigenvalue weighted by Crippen LogP contribution is -2.29. The molecule has 2 unspecified atom stereocenters. The molecule has 0 rings (SSSR count). The van der Waals surface area contributed by atoms with E-state index in [0.29, 0.717) is 12.8 Å². The van der Waals surface area contributed by atoms with E-state index in [1.54, 1.807) is 0 Å². The smallest absolute Gasteiger partial charge is 0.462 e. The van der Waals surface area contributed by atoms with Gasteiger partial charge in [0.2, 0.25) is 0 Å². The predicted octanol–water partition coefficient (Wildman–Crippen LogP) is 19.2. The van der Waals surface area contributed by atoms with Crippen molar-refractivity contribution in [2.24, 2.45) is 5.73 Å². The Morgan fingerprint density at radius 1 is 0.380 bits per heavy atom. The fourth-order valence-corrected chi connectivity index (χ4v) is 7.64. The fourth-order valence-electron chi connectivity index (χ4n) is 6.88. The zero-order valence-corrected chi connectivity index (χ0v) is 49.6. The number of phosphoric ester groups is 1. The summed E-state index contributed by atoms with van der Waals surface area (Å²) in [7, 11) is -4.42. The van der Waals surface area contributed by atoms with E-state index in [4.69, 9.17) is 24.3 Å². The summed E-state index contributed by atoms with van der Waals surface area (Å²) in [4.78, 5) is 35.1. The normalized spacial score (nSPS) is 14.5. The van der Waals surface area contributed by atoms with Gasteiger partial charge in [-0.25, -0.2) is 4.57 Å². The third-order valence-electron chi connectivity index (χ3n) is 11.2. The van der Waals surface area contributed by atoms with E-state index in [2.05, 4.69) is 220 Å². The van der Waals surface area contributed by atoms with Crippen molar-refractivity contribution in [2.75, 3.05) is 26.4 Å². The van der Waals surface area contributed by atoms with Crippen LogP contribution in [0.25, 0.3) is 0 Å². The number of allylic oxidation sites excluding steroid dienone is 34. The predicted molar refractivity (Wildman–Crippen MR) is 338 cm³/mol. The largest absolute Gasteiger partial charge is 0.472 e. The molecule has 2 atom stereocenters. The summed E-state index contributed by atoms with van der Waals surface area (Å²) < 4.78 is 32.9. The topological polar surface area (TPSA) is 134 Å². The van der Waals surface area contributed by atoms with Gasteiger partial charge in [-0.05, 0) is 148 Å². The number of ether oxygens (including phenoxy) is 2. The molecule has 9 nitrogen and oxygen atoms in total. The highest BCUT2D eigenvalue weighted by molar-refractivity contribution is 7.47. The van der Waals surface area contributed by atoms with Crippen LogP contribution in [0.3, 0.4) is 0 Å². The second-order valence-electron chi connectivity index (χ2n) is 18.4. The molecule has 438 valence electrons. The van der Waals surface area contributed by atoms with Gasteiger partial charge in [0.05, 0.1) is 13.2 Å². The summed E-state index contributed by atoms with van der Waals surface area (Å²) in [5.74, 6) is -0.938. The minimum atomic E-state index is -4.42. The van der Waals surface area contributed by atoms with Crippen LogP contribution in [0.5, 0.6) is 0 Å². The van der Waals surface area contributed by atoms with Gasteiger partial charge < -0.3 is 20.1 Å². The van der Waals surface area contributed by atoms with Crippen molar-refractivity contribution in [3.8, 4) is 0 Å². The number of hydrogen-bond acceptors (Lipinski definition) is 8. The summed E-state index contributed by atoms with van der Waals surface area (Å²) >= 11 is 0. The van der Waals surface area contributed by atoms with E-state index in [9.17, 15) is 19.0 Å². The van der Waals surface area contributed by atoms with Gasteiger partial charge in [0.15, 0.2) is 6.10 Å². The van der Waals surface area contributed by atoms with Crippen molar-refractivity contribution < 1.29 is 37.6 Å². The first-order valence-electron chi connectivity index (χ1n) is 29.6. The molecule has 0 aromatic rings. The highest BCUT2D eigenvalue weighted by Gasteiger charge is 2.26. The molecule has 0 aromatic carbocycles. The van der Waals surface area contributed by atoms with E-state index in [1.165, 1.54) is 0 Å². The first-order valence-corrected chi connectivity index (χ1v) is 31.1. The molecule has 0 aliphatic carbocycles.